The summed E-state index contributed by atoms with van der Waals surface area (Å²) in [4.78, 5) is 7.14. The van der Waals surface area contributed by atoms with E-state index in [0.717, 1.165) is 38.4 Å². The van der Waals surface area contributed by atoms with Crippen LogP contribution in [0.25, 0.3) is 0 Å². The molecule has 6 heteroatoms. The van der Waals surface area contributed by atoms with Gasteiger partial charge in [0.05, 0.1) is 6.54 Å². The number of benzene rings is 1. The molecule has 1 N–H and O–H groups in total. The topological polar surface area (TPSA) is 33.1 Å². The van der Waals surface area contributed by atoms with Crippen LogP contribution in [-0.4, -0.2) is 34.1 Å². The average Bonchev–Trinajstić information content (AvgIpc) is 3.04. The van der Waals surface area contributed by atoms with Crippen molar-refractivity contribution < 1.29 is 0 Å². The van der Waals surface area contributed by atoms with E-state index < -0.39 is 0 Å². The lowest BCUT2D eigenvalue weighted by molar-refractivity contribution is 0.147. The Balaban J connectivity index is 0.00000156. The maximum absolute atomic E-state index is 4.59. The fraction of sp³-hybridized carbons (Fsp3) is 0.526. The molecular formula is C19H30Cl2N4. The van der Waals surface area contributed by atoms with E-state index in [9.17, 15) is 0 Å². The van der Waals surface area contributed by atoms with Crippen LogP contribution in [-0.2, 0) is 13.0 Å². The van der Waals surface area contributed by atoms with Gasteiger partial charge in [-0.25, -0.2) is 4.98 Å². The fourth-order valence-corrected chi connectivity index (χ4v) is 3.36. The van der Waals surface area contributed by atoms with E-state index in [0.29, 0.717) is 12.1 Å². The van der Waals surface area contributed by atoms with Crippen LogP contribution in [0.2, 0.25) is 0 Å². The van der Waals surface area contributed by atoms with Crippen molar-refractivity contribution in [2.24, 2.45) is 0 Å². The molecule has 0 spiro atoms. The Morgan fingerprint density at radius 2 is 1.92 bits per heavy atom. The van der Waals surface area contributed by atoms with Crippen LogP contribution in [0.4, 0.5) is 0 Å². The first-order valence-electron chi connectivity index (χ1n) is 8.74. The predicted molar refractivity (Wildman–Crippen MR) is 109 cm³/mol. The second-order valence-corrected chi connectivity index (χ2v) is 6.63. The average molecular weight is 385 g/mol. The van der Waals surface area contributed by atoms with Gasteiger partial charge in [0.2, 0.25) is 0 Å². The summed E-state index contributed by atoms with van der Waals surface area (Å²) in [6.07, 6.45) is 5.11. The number of aromatic nitrogens is 2. The van der Waals surface area contributed by atoms with E-state index in [4.69, 9.17) is 0 Å². The summed E-state index contributed by atoms with van der Waals surface area (Å²) in [6.45, 7) is 10.7. The molecule has 3 rings (SSSR count). The molecule has 1 atom stereocenters. The van der Waals surface area contributed by atoms with Crippen molar-refractivity contribution in [3.05, 3.63) is 53.6 Å². The van der Waals surface area contributed by atoms with Crippen molar-refractivity contribution in [2.75, 3.05) is 19.6 Å². The molecule has 1 unspecified atom stereocenters. The molecule has 1 fully saturated rings. The molecule has 2 heterocycles. The molecule has 4 nitrogen and oxygen atoms in total. The van der Waals surface area contributed by atoms with Crippen LogP contribution >= 0.6 is 24.8 Å². The van der Waals surface area contributed by atoms with Gasteiger partial charge in [0, 0.05) is 44.1 Å². The van der Waals surface area contributed by atoms with Crippen LogP contribution in [0.3, 0.4) is 0 Å². The first-order chi connectivity index (χ1) is 11.2. The highest BCUT2D eigenvalue weighted by Crippen LogP contribution is 2.25. The van der Waals surface area contributed by atoms with Gasteiger partial charge >= 0.3 is 0 Å². The number of piperazine rings is 1. The predicted octanol–water partition coefficient (Wildman–Crippen LogP) is 4.02. The van der Waals surface area contributed by atoms with Crippen LogP contribution in [0.15, 0.2) is 36.7 Å². The zero-order valence-electron chi connectivity index (χ0n) is 15.3. The van der Waals surface area contributed by atoms with Crippen molar-refractivity contribution in [3.63, 3.8) is 0 Å². The van der Waals surface area contributed by atoms with E-state index in [1.165, 1.54) is 11.1 Å². The monoisotopic (exact) mass is 384 g/mol. The fourth-order valence-electron chi connectivity index (χ4n) is 3.36. The third-order valence-corrected chi connectivity index (χ3v) is 4.78. The number of hydrogen-bond donors (Lipinski definition) is 1. The van der Waals surface area contributed by atoms with Crippen LogP contribution in [0.5, 0.6) is 0 Å². The van der Waals surface area contributed by atoms with Gasteiger partial charge in [-0.3, -0.25) is 4.90 Å². The molecule has 1 aliphatic heterocycles. The minimum Gasteiger partial charge on any atom is -0.331 e. The van der Waals surface area contributed by atoms with Crippen molar-refractivity contribution in [3.8, 4) is 0 Å². The third-order valence-electron chi connectivity index (χ3n) is 4.78. The number of rotatable bonds is 5. The van der Waals surface area contributed by atoms with Crippen molar-refractivity contribution in [1.29, 1.82) is 0 Å². The Kier molecular flexibility index (Phi) is 8.94. The van der Waals surface area contributed by atoms with Gasteiger partial charge in [-0.1, -0.05) is 31.2 Å². The van der Waals surface area contributed by atoms with Gasteiger partial charge in [-0.2, -0.15) is 0 Å². The minimum absolute atomic E-state index is 0. The van der Waals surface area contributed by atoms with Crippen molar-refractivity contribution in [1.82, 2.24) is 19.8 Å². The largest absolute Gasteiger partial charge is 0.331 e. The lowest BCUT2D eigenvalue weighted by Gasteiger charge is -2.36. The van der Waals surface area contributed by atoms with Gasteiger partial charge in [0.15, 0.2) is 0 Å². The molecule has 140 valence electrons. The van der Waals surface area contributed by atoms with E-state index in [1.54, 1.807) is 0 Å². The van der Waals surface area contributed by atoms with E-state index in [2.05, 4.69) is 71.0 Å². The summed E-state index contributed by atoms with van der Waals surface area (Å²) >= 11 is 0. The second kappa shape index (κ2) is 10.2. The van der Waals surface area contributed by atoms with Gasteiger partial charge in [-0.05, 0) is 31.4 Å². The highest BCUT2D eigenvalue weighted by Gasteiger charge is 2.25. The Morgan fingerprint density at radius 3 is 2.56 bits per heavy atom. The highest BCUT2D eigenvalue weighted by molar-refractivity contribution is 5.85. The lowest BCUT2D eigenvalue weighted by atomic mass is 10.0. The van der Waals surface area contributed by atoms with E-state index >= 15 is 0 Å². The Bertz CT molecular complexity index is 625. The van der Waals surface area contributed by atoms with Crippen molar-refractivity contribution >= 4 is 24.8 Å². The molecule has 1 aliphatic rings. The maximum atomic E-state index is 4.59. The first-order valence-corrected chi connectivity index (χ1v) is 8.74. The summed E-state index contributed by atoms with van der Waals surface area (Å²) in [6, 6.07) is 9.98. The zero-order chi connectivity index (χ0) is 16.2. The van der Waals surface area contributed by atoms with Gasteiger partial charge in [-0.15, -0.1) is 24.8 Å². The highest BCUT2D eigenvalue weighted by atomic mass is 35.5. The summed E-state index contributed by atoms with van der Waals surface area (Å²) in [5, 5.41) is 3.54. The summed E-state index contributed by atoms with van der Waals surface area (Å²) in [5.41, 5.74) is 2.80. The van der Waals surface area contributed by atoms with Gasteiger partial charge in [0.1, 0.15) is 5.82 Å². The van der Waals surface area contributed by atoms with Crippen LogP contribution < -0.4 is 5.32 Å². The quantitative estimate of drug-likeness (QED) is 0.844. The maximum Gasteiger partial charge on any atom is 0.123 e. The van der Waals surface area contributed by atoms with Gasteiger partial charge < -0.3 is 9.88 Å². The number of halogens is 2. The van der Waals surface area contributed by atoms with E-state index in [1.807, 2.05) is 6.20 Å². The number of nitrogens with zero attached hydrogens (tertiary/aromatic N) is 3. The Hall–Kier alpha value is -1.07. The second-order valence-electron chi connectivity index (χ2n) is 6.63. The Morgan fingerprint density at radius 1 is 1.20 bits per heavy atom. The summed E-state index contributed by atoms with van der Waals surface area (Å²) in [7, 11) is 0. The molecule has 0 aliphatic carbocycles. The molecule has 1 aromatic carbocycles. The summed E-state index contributed by atoms with van der Waals surface area (Å²) < 4.78 is 2.28. The van der Waals surface area contributed by atoms with Crippen LogP contribution in [0, 0.1) is 0 Å². The molecule has 2 aromatic rings. The normalized spacial score (nSPS) is 17.8. The van der Waals surface area contributed by atoms with Crippen molar-refractivity contribution in [2.45, 2.75) is 45.8 Å². The lowest BCUT2D eigenvalue weighted by Crippen LogP contribution is -2.45. The molecule has 0 radical (unpaired) electrons. The summed E-state index contributed by atoms with van der Waals surface area (Å²) in [5.74, 6) is 1.16. The van der Waals surface area contributed by atoms with Gasteiger partial charge in [0.25, 0.3) is 0 Å². The smallest absolute Gasteiger partial charge is 0.123 e. The number of hydrogen-bond acceptors (Lipinski definition) is 3. The SMILES string of the molecule is CCc1ccc(C2CNCCN2Cc2nccn2C(C)C)cc1.Cl.Cl. The number of aryl methyl sites for hydroxylation is 1. The molecule has 0 bridgehead atoms. The number of imidazole rings is 1. The minimum atomic E-state index is 0. The first kappa shape index (κ1) is 22.0. The molecule has 0 amide bonds. The molecule has 1 aromatic heterocycles. The standard InChI is InChI=1S/C19H28N4.2ClH/c1-4-16-5-7-17(8-6-16)18-13-20-9-11-22(18)14-19-21-10-12-23(19)15(2)3;;/h5-8,10,12,15,18,20H,4,9,11,13-14H2,1-3H3;2*1H. The molecule has 1 saturated heterocycles. The Labute approximate surface area is 163 Å². The molecular weight excluding hydrogens is 355 g/mol. The molecule has 25 heavy (non-hydrogen) atoms. The van der Waals surface area contributed by atoms with E-state index in [-0.39, 0.29) is 24.8 Å². The molecule has 0 saturated carbocycles. The van der Waals surface area contributed by atoms with Crippen LogP contribution in [0.1, 0.15) is 49.8 Å². The zero-order valence-corrected chi connectivity index (χ0v) is 16.9. The third kappa shape index (κ3) is 5.20. The number of nitrogens with one attached hydrogen (secondary N) is 1.